The lowest BCUT2D eigenvalue weighted by molar-refractivity contribution is 0.285. The minimum absolute atomic E-state index is 0.0282. The summed E-state index contributed by atoms with van der Waals surface area (Å²) < 4.78 is 19.0. The summed E-state index contributed by atoms with van der Waals surface area (Å²) in [4.78, 5) is 0. The second-order valence-corrected chi connectivity index (χ2v) is 4.54. The maximum Gasteiger partial charge on any atom is 0.153 e. The first-order valence-electron chi connectivity index (χ1n) is 3.43. The second kappa shape index (κ2) is 3.49. The van der Waals surface area contributed by atoms with Gasteiger partial charge in [-0.3, -0.25) is 0 Å². The lowest BCUT2D eigenvalue weighted by Gasteiger charge is -2.26. The summed E-state index contributed by atoms with van der Waals surface area (Å²) in [6, 6.07) is 0. The molecule has 0 aromatic heterocycles. The van der Waals surface area contributed by atoms with E-state index in [1.165, 1.54) is 0 Å². The molecule has 0 radical (unpaired) electrons. The molecule has 0 fully saturated rings. The van der Waals surface area contributed by atoms with Crippen LogP contribution in [0.25, 0.3) is 0 Å². The van der Waals surface area contributed by atoms with E-state index >= 15 is 0 Å². The van der Waals surface area contributed by atoms with E-state index in [9.17, 15) is 4.21 Å². The molecule has 0 aliphatic heterocycles. The van der Waals surface area contributed by atoms with Crippen molar-refractivity contribution in [1.29, 1.82) is 0 Å². The average Bonchev–Trinajstić information content (AvgIpc) is 1.60. The first kappa shape index (κ1) is 10.1. The molecule has 1 N–H and O–H groups in total. The van der Waals surface area contributed by atoms with Crippen LogP contribution in [-0.2, 0) is 11.1 Å². The van der Waals surface area contributed by atoms with Crippen molar-refractivity contribution in [2.24, 2.45) is 11.3 Å². The molecule has 2 nitrogen and oxygen atoms in total. The van der Waals surface area contributed by atoms with Crippen molar-refractivity contribution >= 4 is 11.1 Å². The predicted molar refractivity (Wildman–Crippen MR) is 44.3 cm³/mol. The van der Waals surface area contributed by atoms with E-state index in [1.807, 2.05) is 13.8 Å². The topological polar surface area (TPSA) is 37.3 Å². The maximum atomic E-state index is 10.4. The van der Waals surface area contributed by atoms with Crippen molar-refractivity contribution in [2.45, 2.75) is 27.7 Å². The monoisotopic (exact) mass is 164 g/mol. The van der Waals surface area contributed by atoms with Gasteiger partial charge in [-0.15, -0.1) is 0 Å². The molecule has 3 heteroatoms. The molecule has 0 saturated carbocycles. The quantitative estimate of drug-likeness (QED) is 0.647. The third-order valence-electron chi connectivity index (χ3n) is 2.06. The Morgan fingerprint density at radius 1 is 1.50 bits per heavy atom. The van der Waals surface area contributed by atoms with E-state index in [0.29, 0.717) is 11.7 Å². The average molecular weight is 164 g/mol. The van der Waals surface area contributed by atoms with Crippen LogP contribution in [-0.4, -0.2) is 14.5 Å². The van der Waals surface area contributed by atoms with Crippen molar-refractivity contribution in [2.75, 3.05) is 5.75 Å². The summed E-state index contributed by atoms with van der Waals surface area (Å²) >= 11 is -1.66. The number of hydrogen-bond donors (Lipinski definition) is 1. The third kappa shape index (κ3) is 3.32. The summed E-state index contributed by atoms with van der Waals surface area (Å²) in [5.41, 5.74) is -0.0282. The van der Waals surface area contributed by atoms with Gasteiger partial charge in [0.15, 0.2) is 11.1 Å². The van der Waals surface area contributed by atoms with Gasteiger partial charge in [0.05, 0.1) is 5.75 Å². The Labute approximate surface area is 65.3 Å². The van der Waals surface area contributed by atoms with Crippen LogP contribution in [0.1, 0.15) is 27.7 Å². The van der Waals surface area contributed by atoms with Crippen LogP contribution in [0, 0.1) is 11.3 Å². The van der Waals surface area contributed by atoms with E-state index in [4.69, 9.17) is 4.55 Å². The molecule has 62 valence electrons. The fourth-order valence-electron chi connectivity index (χ4n) is 0.485. The fourth-order valence-corrected chi connectivity index (χ4v) is 1.45. The zero-order chi connectivity index (χ0) is 8.36. The van der Waals surface area contributed by atoms with E-state index in [0.717, 1.165) is 0 Å². The third-order valence-corrected chi connectivity index (χ3v) is 3.05. The van der Waals surface area contributed by atoms with Crippen molar-refractivity contribution in [1.82, 2.24) is 0 Å². The van der Waals surface area contributed by atoms with Crippen LogP contribution in [0.2, 0.25) is 0 Å². The molecule has 0 aromatic rings. The van der Waals surface area contributed by atoms with Crippen molar-refractivity contribution in [3.05, 3.63) is 0 Å². The first-order valence-corrected chi connectivity index (χ1v) is 4.71. The maximum absolute atomic E-state index is 10.4. The Kier molecular flexibility index (Phi) is 3.52. The fraction of sp³-hybridized carbons (Fsp3) is 1.00. The van der Waals surface area contributed by atoms with Crippen LogP contribution >= 0.6 is 0 Å². The Morgan fingerprint density at radius 2 is 1.90 bits per heavy atom. The highest BCUT2D eigenvalue weighted by Crippen LogP contribution is 2.26. The van der Waals surface area contributed by atoms with Gasteiger partial charge in [-0.25, -0.2) is 4.21 Å². The van der Waals surface area contributed by atoms with Gasteiger partial charge in [0, 0.05) is 0 Å². The highest BCUT2D eigenvalue weighted by atomic mass is 32.2. The van der Waals surface area contributed by atoms with E-state index in [1.54, 1.807) is 0 Å². The van der Waals surface area contributed by atoms with E-state index < -0.39 is 11.1 Å². The van der Waals surface area contributed by atoms with E-state index in [2.05, 4.69) is 13.8 Å². The molecular formula is C7H16O2S. The lowest BCUT2D eigenvalue weighted by atomic mass is 9.83. The summed E-state index contributed by atoms with van der Waals surface area (Å²) in [6.45, 7) is 8.14. The van der Waals surface area contributed by atoms with Crippen LogP contribution in [0.5, 0.6) is 0 Å². The van der Waals surface area contributed by atoms with Gasteiger partial charge in [-0.2, -0.15) is 0 Å². The zero-order valence-corrected chi connectivity index (χ0v) is 7.86. The number of rotatable bonds is 3. The van der Waals surface area contributed by atoms with Gasteiger partial charge < -0.3 is 4.55 Å². The Morgan fingerprint density at radius 3 is 2.00 bits per heavy atom. The molecule has 0 saturated heterocycles. The molecule has 0 amide bonds. The van der Waals surface area contributed by atoms with Gasteiger partial charge in [0.25, 0.3) is 0 Å². The minimum Gasteiger partial charge on any atom is -0.306 e. The van der Waals surface area contributed by atoms with E-state index in [-0.39, 0.29) is 5.41 Å². The molecule has 1 unspecified atom stereocenters. The molecule has 0 rings (SSSR count). The molecule has 0 heterocycles. The van der Waals surface area contributed by atoms with Gasteiger partial charge in [0.1, 0.15) is 0 Å². The van der Waals surface area contributed by atoms with Gasteiger partial charge in [-0.1, -0.05) is 27.7 Å². The van der Waals surface area contributed by atoms with Crippen LogP contribution in [0.4, 0.5) is 0 Å². The van der Waals surface area contributed by atoms with Gasteiger partial charge in [-0.05, 0) is 11.3 Å². The molecule has 0 aromatic carbocycles. The molecule has 0 bridgehead atoms. The normalized spacial score (nSPS) is 15.8. The summed E-state index contributed by atoms with van der Waals surface area (Å²) in [6.07, 6.45) is 0. The highest BCUT2D eigenvalue weighted by molar-refractivity contribution is 7.79. The highest BCUT2D eigenvalue weighted by Gasteiger charge is 2.24. The Balaban J connectivity index is 3.99. The summed E-state index contributed by atoms with van der Waals surface area (Å²) in [7, 11) is 0. The molecule has 0 aliphatic carbocycles. The molecule has 0 aliphatic rings. The molecular weight excluding hydrogens is 148 g/mol. The molecule has 1 atom stereocenters. The minimum atomic E-state index is -1.66. The SMILES string of the molecule is CC(C)C(C)(C)CS(=O)O. The van der Waals surface area contributed by atoms with Crippen molar-refractivity contribution < 1.29 is 8.76 Å². The largest absolute Gasteiger partial charge is 0.306 e. The zero-order valence-electron chi connectivity index (χ0n) is 7.05. The standard InChI is InChI=1S/C7H16O2S/c1-6(2)7(3,4)5-10(8)9/h6H,5H2,1-4H3,(H,8,9). The number of hydrogen-bond acceptors (Lipinski definition) is 1. The van der Waals surface area contributed by atoms with Crippen molar-refractivity contribution in [3.8, 4) is 0 Å². The van der Waals surface area contributed by atoms with Gasteiger partial charge >= 0.3 is 0 Å². The van der Waals surface area contributed by atoms with Crippen LogP contribution in [0.3, 0.4) is 0 Å². The Bertz CT molecular complexity index is 130. The molecule has 0 spiro atoms. The first-order chi connectivity index (χ1) is 4.36. The smallest absolute Gasteiger partial charge is 0.153 e. The Hall–Kier alpha value is 0.110. The van der Waals surface area contributed by atoms with Gasteiger partial charge in [0.2, 0.25) is 0 Å². The lowest BCUT2D eigenvalue weighted by Crippen LogP contribution is -2.26. The predicted octanol–water partition coefficient (Wildman–Crippen LogP) is 1.89. The second-order valence-electron chi connectivity index (χ2n) is 3.61. The summed E-state index contributed by atoms with van der Waals surface area (Å²) in [5, 5.41) is 0. The molecule has 10 heavy (non-hydrogen) atoms. The van der Waals surface area contributed by atoms with Crippen molar-refractivity contribution in [3.63, 3.8) is 0 Å². The van der Waals surface area contributed by atoms with Crippen LogP contribution in [0.15, 0.2) is 0 Å². The summed E-state index contributed by atoms with van der Waals surface area (Å²) in [5.74, 6) is 0.814. The van der Waals surface area contributed by atoms with Crippen LogP contribution < -0.4 is 0 Å².